The molecule has 2 aromatic rings. The van der Waals surface area contributed by atoms with Crippen molar-refractivity contribution in [2.45, 2.75) is 31.1 Å². The monoisotopic (exact) mass is 271 g/mol. The Kier molecular flexibility index (Phi) is 3.19. The lowest BCUT2D eigenvalue weighted by Crippen LogP contribution is -2.15. The first kappa shape index (κ1) is 12.5. The average molecular weight is 271 g/mol. The maximum Gasteiger partial charge on any atom is 0.139 e. The van der Waals surface area contributed by atoms with E-state index in [0.29, 0.717) is 0 Å². The Labute approximate surface area is 119 Å². The molecule has 0 amide bonds. The van der Waals surface area contributed by atoms with Crippen LogP contribution >= 0.6 is 12.6 Å². The predicted molar refractivity (Wildman–Crippen MR) is 80.6 cm³/mol. The number of aryl methyl sites for hydroxylation is 2. The minimum Gasteiger partial charge on any atom is -0.329 e. The first-order valence-electron chi connectivity index (χ1n) is 6.54. The van der Waals surface area contributed by atoms with Crippen molar-refractivity contribution in [1.29, 1.82) is 0 Å². The summed E-state index contributed by atoms with van der Waals surface area (Å²) in [6.07, 6.45) is 3.35. The molecule has 98 valence electrons. The molecule has 0 atom stereocenters. The van der Waals surface area contributed by atoms with Gasteiger partial charge in [-0.2, -0.15) is 0 Å². The van der Waals surface area contributed by atoms with Gasteiger partial charge in [-0.05, 0) is 50.5 Å². The molecule has 0 saturated heterocycles. The van der Waals surface area contributed by atoms with Crippen molar-refractivity contribution in [3.8, 4) is 0 Å². The van der Waals surface area contributed by atoms with Crippen molar-refractivity contribution in [3.05, 3.63) is 41.3 Å². The van der Waals surface area contributed by atoms with Crippen LogP contribution in [0.1, 0.15) is 23.5 Å². The molecule has 0 aliphatic heterocycles. The van der Waals surface area contributed by atoms with E-state index in [1.807, 2.05) is 19.1 Å². The van der Waals surface area contributed by atoms with Crippen molar-refractivity contribution >= 4 is 24.1 Å². The van der Waals surface area contributed by atoms with E-state index in [2.05, 4.69) is 46.7 Å². The molecule has 0 N–H and O–H groups in total. The van der Waals surface area contributed by atoms with Crippen LogP contribution in [0.5, 0.6) is 0 Å². The van der Waals surface area contributed by atoms with E-state index in [0.717, 1.165) is 35.1 Å². The van der Waals surface area contributed by atoms with Gasteiger partial charge in [-0.3, -0.25) is 0 Å². The minimum absolute atomic E-state index is 0.855. The number of hydrogen-bond donors (Lipinski definition) is 1. The van der Waals surface area contributed by atoms with Crippen LogP contribution in [0, 0.1) is 6.92 Å². The number of nitrogens with zero attached hydrogens (tertiary/aromatic N) is 3. The van der Waals surface area contributed by atoms with Crippen molar-refractivity contribution in [3.63, 3.8) is 0 Å². The fraction of sp³-hybridized carbons (Fsp3) is 0.333. The van der Waals surface area contributed by atoms with Gasteiger partial charge in [-0.15, -0.1) is 12.6 Å². The molecule has 4 heteroatoms. The molecule has 0 fully saturated rings. The molecule has 0 unspecified atom stereocenters. The molecule has 3 rings (SSSR count). The molecule has 0 radical (unpaired) electrons. The normalized spacial score (nSPS) is 13.4. The summed E-state index contributed by atoms with van der Waals surface area (Å²) in [6.45, 7) is 1.97. The van der Waals surface area contributed by atoms with E-state index in [1.54, 1.807) is 0 Å². The van der Waals surface area contributed by atoms with Gasteiger partial charge in [-0.1, -0.05) is 0 Å². The van der Waals surface area contributed by atoms with Crippen LogP contribution in [0.15, 0.2) is 29.2 Å². The fourth-order valence-electron chi connectivity index (χ4n) is 2.61. The van der Waals surface area contributed by atoms with E-state index in [9.17, 15) is 0 Å². The third-order valence-corrected chi connectivity index (χ3v) is 3.88. The molecule has 1 aromatic carbocycles. The molecule has 0 saturated carbocycles. The van der Waals surface area contributed by atoms with Gasteiger partial charge >= 0.3 is 0 Å². The summed E-state index contributed by atoms with van der Waals surface area (Å²) >= 11 is 4.32. The second-order valence-corrected chi connectivity index (χ2v) is 5.47. The zero-order chi connectivity index (χ0) is 13.4. The Morgan fingerprint density at radius 2 is 1.84 bits per heavy atom. The van der Waals surface area contributed by atoms with E-state index in [4.69, 9.17) is 0 Å². The molecule has 3 nitrogen and oxygen atoms in total. The minimum atomic E-state index is 0.855. The molecule has 1 heterocycles. The zero-order valence-electron chi connectivity index (χ0n) is 11.2. The first-order valence-corrected chi connectivity index (χ1v) is 6.99. The lowest BCUT2D eigenvalue weighted by Gasteiger charge is -2.21. The number of hydrogen-bond acceptors (Lipinski definition) is 4. The Hall–Kier alpha value is -1.55. The van der Waals surface area contributed by atoms with Gasteiger partial charge in [0, 0.05) is 28.9 Å². The van der Waals surface area contributed by atoms with Crippen LogP contribution in [-0.4, -0.2) is 17.0 Å². The van der Waals surface area contributed by atoms with Gasteiger partial charge < -0.3 is 4.90 Å². The number of anilines is 2. The standard InChI is InChI=1S/C15H17N3S/c1-10-16-14-5-3-4-13(14)15(17-10)18(2)11-6-8-12(19)9-7-11/h6-9,19H,3-5H2,1-2H3. The number of benzene rings is 1. The third-order valence-electron chi connectivity index (χ3n) is 3.58. The van der Waals surface area contributed by atoms with Crippen LogP contribution < -0.4 is 4.90 Å². The lowest BCUT2D eigenvalue weighted by atomic mass is 10.2. The molecule has 0 spiro atoms. The molecule has 19 heavy (non-hydrogen) atoms. The van der Waals surface area contributed by atoms with Crippen molar-refractivity contribution in [2.75, 3.05) is 11.9 Å². The smallest absolute Gasteiger partial charge is 0.139 e. The third kappa shape index (κ3) is 2.32. The lowest BCUT2D eigenvalue weighted by molar-refractivity contribution is 0.895. The van der Waals surface area contributed by atoms with Crippen molar-refractivity contribution in [2.24, 2.45) is 0 Å². The van der Waals surface area contributed by atoms with E-state index >= 15 is 0 Å². The molecule has 1 aliphatic carbocycles. The summed E-state index contributed by atoms with van der Waals surface area (Å²) in [6, 6.07) is 8.15. The Bertz CT molecular complexity index is 608. The van der Waals surface area contributed by atoms with Gasteiger partial charge in [0.05, 0.1) is 0 Å². The molecule has 1 aliphatic rings. The summed E-state index contributed by atoms with van der Waals surface area (Å²) in [5.41, 5.74) is 3.66. The van der Waals surface area contributed by atoms with Gasteiger partial charge in [0.15, 0.2) is 0 Å². The topological polar surface area (TPSA) is 29.0 Å². The quantitative estimate of drug-likeness (QED) is 0.849. The van der Waals surface area contributed by atoms with E-state index in [1.165, 1.54) is 17.7 Å². The summed E-state index contributed by atoms with van der Waals surface area (Å²) in [5.74, 6) is 1.90. The second kappa shape index (κ2) is 4.85. The van der Waals surface area contributed by atoms with Crippen LogP contribution in [0.4, 0.5) is 11.5 Å². The van der Waals surface area contributed by atoms with E-state index < -0.39 is 0 Å². The van der Waals surface area contributed by atoms with Gasteiger partial charge in [0.25, 0.3) is 0 Å². The zero-order valence-corrected chi connectivity index (χ0v) is 12.1. The highest BCUT2D eigenvalue weighted by Gasteiger charge is 2.21. The number of thiol groups is 1. The maximum absolute atomic E-state index is 4.64. The highest BCUT2D eigenvalue weighted by atomic mass is 32.1. The predicted octanol–water partition coefficient (Wildman–Crippen LogP) is 3.33. The van der Waals surface area contributed by atoms with Gasteiger partial charge in [0.1, 0.15) is 11.6 Å². The van der Waals surface area contributed by atoms with E-state index in [-0.39, 0.29) is 0 Å². The maximum atomic E-state index is 4.64. The molecular formula is C15H17N3S. The van der Waals surface area contributed by atoms with Crippen LogP contribution in [0.3, 0.4) is 0 Å². The number of rotatable bonds is 2. The van der Waals surface area contributed by atoms with Gasteiger partial charge in [0.2, 0.25) is 0 Å². The molecular weight excluding hydrogens is 254 g/mol. The average Bonchev–Trinajstić information content (AvgIpc) is 2.85. The van der Waals surface area contributed by atoms with Crippen LogP contribution in [-0.2, 0) is 12.8 Å². The largest absolute Gasteiger partial charge is 0.329 e. The summed E-state index contributed by atoms with van der Waals surface area (Å²) in [7, 11) is 2.06. The van der Waals surface area contributed by atoms with Gasteiger partial charge in [-0.25, -0.2) is 9.97 Å². The van der Waals surface area contributed by atoms with Crippen LogP contribution in [0.2, 0.25) is 0 Å². The number of fused-ring (bicyclic) bond motifs is 1. The second-order valence-electron chi connectivity index (χ2n) is 4.95. The highest BCUT2D eigenvalue weighted by molar-refractivity contribution is 7.80. The first-order chi connectivity index (χ1) is 9.15. The number of aromatic nitrogens is 2. The Morgan fingerprint density at radius 3 is 2.58 bits per heavy atom. The Morgan fingerprint density at radius 1 is 1.11 bits per heavy atom. The summed E-state index contributed by atoms with van der Waals surface area (Å²) in [5, 5.41) is 0. The fourth-order valence-corrected chi connectivity index (χ4v) is 2.76. The summed E-state index contributed by atoms with van der Waals surface area (Å²) < 4.78 is 0. The molecule has 1 aromatic heterocycles. The van der Waals surface area contributed by atoms with Crippen LogP contribution in [0.25, 0.3) is 0 Å². The highest BCUT2D eigenvalue weighted by Crippen LogP contribution is 2.32. The molecule has 0 bridgehead atoms. The summed E-state index contributed by atoms with van der Waals surface area (Å²) in [4.78, 5) is 12.3. The SMILES string of the molecule is Cc1nc2c(c(N(C)c3ccc(S)cc3)n1)CCC2. The van der Waals surface area contributed by atoms with Crippen molar-refractivity contribution < 1.29 is 0 Å². The van der Waals surface area contributed by atoms with Crippen molar-refractivity contribution in [1.82, 2.24) is 9.97 Å². The Balaban J connectivity index is 2.04.